The van der Waals surface area contributed by atoms with E-state index < -0.39 is 23.8 Å². The lowest BCUT2D eigenvalue weighted by Gasteiger charge is -2.04. The van der Waals surface area contributed by atoms with Crippen LogP contribution >= 0.6 is 0 Å². The highest BCUT2D eigenvalue weighted by Crippen LogP contribution is 2.30. The van der Waals surface area contributed by atoms with Gasteiger partial charge in [0.25, 0.3) is 0 Å². The van der Waals surface area contributed by atoms with Crippen LogP contribution in [-0.2, 0) is 13.2 Å². The summed E-state index contributed by atoms with van der Waals surface area (Å²) >= 11 is 0. The van der Waals surface area contributed by atoms with E-state index in [1.54, 1.807) is 0 Å². The predicted molar refractivity (Wildman–Crippen MR) is 38.4 cm³/mol. The first kappa shape index (κ1) is 10.4. The Morgan fingerprint density at radius 1 is 1.64 bits per heavy atom. The molecule has 1 amide bonds. The Morgan fingerprint density at radius 2 is 2.21 bits per heavy atom. The molecule has 1 rings (SSSR count). The Kier molecular flexibility index (Phi) is 2.37. The molecule has 0 bridgehead atoms. The summed E-state index contributed by atoms with van der Waals surface area (Å²) in [4.78, 5) is 10.2. The highest BCUT2D eigenvalue weighted by atomic mass is 19.4. The van der Waals surface area contributed by atoms with Crippen molar-refractivity contribution in [3.63, 3.8) is 0 Å². The molecule has 0 radical (unpaired) electrons. The van der Waals surface area contributed by atoms with Crippen molar-refractivity contribution in [3.05, 3.63) is 11.8 Å². The molecule has 0 spiro atoms. The summed E-state index contributed by atoms with van der Waals surface area (Å²) < 4.78 is 41.2. The van der Waals surface area contributed by atoms with Crippen LogP contribution in [0.15, 0.2) is 6.07 Å². The van der Waals surface area contributed by atoms with Crippen LogP contribution in [0.3, 0.4) is 0 Å². The maximum atomic E-state index is 12.2. The second-order valence-electron chi connectivity index (χ2n) is 2.41. The van der Waals surface area contributed by atoms with Gasteiger partial charge in [0.05, 0.1) is 0 Å². The van der Waals surface area contributed by atoms with Gasteiger partial charge in [0, 0.05) is 13.1 Å². The van der Waals surface area contributed by atoms with Crippen molar-refractivity contribution in [1.82, 2.24) is 9.78 Å². The van der Waals surface area contributed by atoms with E-state index in [1.165, 1.54) is 0 Å². The van der Waals surface area contributed by atoms with Gasteiger partial charge in [-0.3, -0.25) is 4.68 Å². The molecule has 14 heavy (non-hydrogen) atoms. The molecule has 1 aromatic heterocycles. The summed E-state index contributed by atoms with van der Waals surface area (Å²) in [7, 11) is 1.08. The minimum Gasteiger partial charge on any atom is -0.390 e. The highest BCUT2D eigenvalue weighted by Gasteiger charge is 2.35. The highest BCUT2D eigenvalue weighted by molar-refractivity contribution is 5.67. The van der Waals surface area contributed by atoms with Crippen LogP contribution in [0.2, 0.25) is 0 Å². The molecule has 0 aromatic carbocycles. The summed E-state index contributed by atoms with van der Waals surface area (Å²) in [6, 6.07) is 0.588. The van der Waals surface area contributed by atoms with E-state index in [0.29, 0.717) is 10.7 Å². The van der Waals surface area contributed by atoms with E-state index in [1.807, 2.05) is 0 Å². The Morgan fingerprint density at radius 3 is 2.57 bits per heavy atom. The lowest BCUT2D eigenvalue weighted by molar-refractivity contribution is -0.143. The number of amides is 1. The van der Waals surface area contributed by atoms with Gasteiger partial charge in [-0.2, -0.15) is 13.2 Å². The molecule has 2 N–H and O–H groups in total. The zero-order valence-corrected chi connectivity index (χ0v) is 7.00. The summed E-state index contributed by atoms with van der Waals surface area (Å²) in [5, 5.41) is 3.29. The molecule has 0 aliphatic carbocycles. The van der Waals surface area contributed by atoms with Crippen LogP contribution in [0.1, 0.15) is 5.69 Å². The first-order valence-corrected chi connectivity index (χ1v) is 3.39. The second kappa shape index (κ2) is 3.20. The number of aryl methyl sites for hydroxylation is 1. The smallest absolute Gasteiger partial charge is 0.390 e. The van der Waals surface area contributed by atoms with Gasteiger partial charge < -0.3 is 10.5 Å². The number of primary amides is 1. The minimum absolute atomic E-state index is 0.479. The van der Waals surface area contributed by atoms with Gasteiger partial charge in [-0.15, -0.1) is 5.10 Å². The number of carbonyl (C=O) groups excluding carboxylic acids is 1. The van der Waals surface area contributed by atoms with Gasteiger partial charge in [0.2, 0.25) is 5.88 Å². The van der Waals surface area contributed by atoms with E-state index in [-0.39, 0.29) is 0 Å². The van der Waals surface area contributed by atoms with Crippen LogP contribution in [0.4, 0.5) is 18.0 Å². The Labute approximate surface area is 76.2 Å². The average Bonchev–Trinajstić information content (AvgIpc) is 2.27. The molecule has 8 heteroatoms. The fraction of sp³-hybridized carbons (Fsp3) is 0.333. The van der Waals surface area contributed by atoms with Crippen molar-refractivity contribution in [2.45, 2.75) is 6.18 Å². The van der Waals surface area contributed by atoms with Crippen LogP contribution in [0, 0.1) is 0 Å². The SMILES string of the molecule is Cn1nc(OC(N)=O)cc1C(F)(F)F. The number of hydrogen-bond donors (Lipinski definition) is 1. The molecule has 0 saturated carbocycles. The number of hydrogen-bond acceptors (Lipinski definition) is 3. The number of carbonyl (C=O) groups is 1. The van der Waals surface area contributed by atoms with Crippen LogP contribution < -0.4 is 10.5 Å². The molecule has 0 aliphatic rings. The molecular weight excluding hydrogens is 203 g/mol. The molecule has 1 aromatic rings. The molecule has 0 unspecified atom stereocenters. The van der Waals surface area contributed by atoms with Gasteiger partial charge in [-0.1, -0.05) is 0 Å². The lowest BCUT2D eigenvalue weighted by Crippen LogP contribution is -2.16. The monoisotopic (exact) mass is 209 g/mol. The first-order valence-electron chi connectivity index (χ1n) is 3.39. The zero-order chi connectivity index (χ0) is 10.9. The molecule has 5 nitrogen and oxygen atoms in total. The molecule has 78 valence electrons. The topological polar surface area (TPSA) is 70.1 Å². The van der Waals surface area contributed by atoms with Crippen molar-refractivity contribution < 1.29 is 22.7 Å². The quantitative estimate of drug-likeness (QED) is 0.746. The number of rotatable bonds is 1. The normalized spacial score (nSPS) is 11.4. The minimum atomic E-state index is -4.54. The predicted octanol–water partition coefficient (Wildman–Crippen LogP) is 0.896. The second-order valence-corrected chi connectivity index (χ2v) is 2.41. The Hall–Kier alpha value is -1.73. The molecule has 1 heterocycles. The largest absolute Gasteiger partial charge is 0.433 e. The lowest BCUT2D eigenvalue weighted by atomic mass is 10.4. The number of nitrogens with two attached hydrogens (primary N) is 1. The average molecular weight is 209 g/mol. The third-order valence-corrected chi connectivity index (χ3v) is 1.35. The summed E-state index contributed by atoms with van der Waals surface area (Å²) in [5.41, 5.74) is 3.58. The molecule has 0 atom stereocenters. The maximum Gasteiger partial charge on any atom is 0.433 e. The number of halogens is 3. The molecule has 0 saturated heterocycles. The van der Waals surface area contributed by atoms with Gasteiger partial charge in [-0.05, 0) is 0 Å². The van der Waals surface area contributed by atoms with Crippen molar-refractivity contribution in [2.75, 3.05) is 0 Å². The van der Waals surface area contributed by atoms with E-state index in [0.717, 1.165) is 7.05 Å². The van der Waals surface area contributed by atoms with Gasteiger partial charge in [0.1, 0.15) is 5.69 Å². The number of aromatic nitrogens is 2. The van der Waals surface area contributed by atoms with Gasteiger partial charge >= 0.3 is 12.3 Å². The summed E-state index contributed by atoms with van der Waals surface area (Å²) in [5.74, 6) is -0.479. The number of nitrogens with zero attached hydrogens (tertiary/aromatic N) is 2. The fourth-order valence-corrected chi connectivity index (χ4v) is 0.859. The Bertz CT molecular complexity index is 358. The van der Waals surface area contributed by atoms with Crippen molar-refractivity contribution in [2.24, 2.45) is 12.8 Å². The molecule has 0 fully saturated rings. The number of alkyl halides is 3. The summed E-state index contributed by atoms with van der Waals surface area (Å²) in [6.45, 7) is 0. The Balaban J connectivity index is 2.99. The van der Waals surface area contributed by atoms with E-state index in [9.17, 15) is 18.0 Å². The standard InChI is InChI=1S/C6H6F3N3O2/c1-12-3(6(7,8)9)2-4(11-12)14-5(10)13/h2H,1H3,(H2,10,13). The van der Waals surface area contributed by atoms with Crippen LogP contribution in [-0.4, -0.2) is 15.9 Å². The summed E-state index contributed by atoms with van der Waals surface area (Å²) in [6.07, 6.45) is -5.75. The van der Waals surface area contributed by atoms with Crippen molar-refractivity contribution in [3.8, 4) is 5.88 Å². The van der Waals surface area contributed by atoms with Crippen molar-refractivity contribution in [1.29, 1.82) is 0 Å². The van der Waals surface area contributed by atoms with Crippen LogP contribution in [0.5, 0.6) is 5.88 Å². The van der Waals surface area contributed by atoms with Gasteiger partial charge in [0.15, 0.2) is 0 Å². The van der Waals surface area contributed by atoms with E-state index >= 15 is 0 Å². The third-order valence-electron chi connectivity index (χ3n) is 1.35. The maximum absolute atomic E-state index is 12.2. The van der Waals surface area contributed by atoms with Crippen molar-refractivity contribution >= 4 is 6.09 Å². The third kappa shape index (κ3) is 2.15. The molecule has 0 aliphatic heterocycles. The van der Waals surface area contributed by atoms with Gasteiger partial charge in [-0.25, -0.2) is 4.79 Å². The van der Waals surface area contributed by atoms with E-state index in [2.05, 4.69) is 15.6 Å². The molecular formula is C6H6F3N3O2. The first-order chi connectivity index (χ1) is 6.30. The number of ether oxygens (including phenoxy) is 1. The fourth-order valence-electron chi connectivity index (χ4n) is 0.859. The van der Waals surface area contributed by atoms with E-state index in [4.69, 9.17) is 0 Å². The zero-order valence-electron chi connectivity index (χ0n) is 7.00. The van der Waals surface area contributed by atoms with Crippen LogP contribution in [0.25, 0.3) is 0 Å².